The van der Waals surface area contributed by atoms with Gasteiger partial charge in [0.25, 0.3) is 0 Å². The Balaban J connectivity index is 2.55. The average molecular weight is 263 g/mol. The molecule has 0 bridgehead atoms. The zero-order chi connectivity index (χ0) is 12.2. The van der Waals surface area contributed by atoms with Crippen molar-refractivity contribution in [3.05, 3.63) is 0 Å². The molecular formula is C10H17NO3S2. The Morgan fingerprint density at radius 2 is 2.00 bits per heavy atom. The van der Waals surface area contributed by atoms with Gasteiger partial charge in [-0.05, 0) is 12.8 Å². The molecule has 3 unspecified atom stereocenters. The molecule has 1 rings (SSSR count). The van der Waals surface area contributed by atoms with E-state index in [4.69, 9.17) is 5.26 Å². The number of sulfone groups is 1. The molecule has 92 valence electrons. The molecule has 0 aromatic heterocycles. The van der Waals surface area contributed by atoms with Crippen molar-refractivity contribution in [2.24, 2.45) is 5.92 Å². The molecule has 0 aromatic carbocycles. The lowest BCUT2D eigenvalue weighted by Gasteiger charge is -2.25. The van der Waals surface area contributed by atoms with E-state index >= 15 is 0 Å². The van der Waals surface area contributed by atoms with Crippen LogP contribution in [0.4, 0.5) is 0 Å². The van der Waals surface area contributed by atoms with Crippen molar-refractivity contribution >= 4 is 20.6 Å². The van der Waals surface area contributed by atoms with Crippen LogP contribution in [0, 0.1) is 17.2 Å². The first kappa shape index (κ1) is 13.7. The smallest absolute Gasteiger partial charge is 0.148 e. The highest BCUT2D eigenvalue weighted by molar-refractivity contribution is 7.92. The summed E-state index contributed by atoms with van der Waals surface area (Å²) in [4.78, 5) is 0. The van der Waals surface area contributed by atoms with Crippen molar-refractivity contribution < 1.29 is 12.6 Å². The highest BCUT2D eigenvalue weighted by Crippen LogP contribution is 2.27. The summed E-state index contributed by atoms with van der Waals surface area (Å²) in [6.45, 7) is 0. The molecule has 0 radical (unpaired) electrons. The van der Waals surface area contributed by atoms with Crippen LogP contribution in [-0.2, 0) is 20.6 Å². The second-order valence-electron chi connectivity index (χ2n) is 4.27. The molecule has 0 aromatic rings. The fraction of sp³-hybridized carbons (Fsp3) is 0.900. The lowest BCUT2D eigenvalue weighted by Crippen LogP contribution is -2.31. The predicted octanol–water partition coefficient (Wildman–Crippen LogP) is 0.862. The predicted molar refractivity (Wildman–Crippen MR) is 64.1 cm³/mol. The summed E-state index contributed by atoms with van der Waals surface area (Å²) in [7, 11) is -4.24. The minimum absolute atomic E-state index is 0.0474. The van der Waals surface area contributed by atoms with Gasteiger partial charge in [-0.15, -0.1) is 0 Å². The molecule has 1 aliphatic rings. The highest BCUT2D eigenvalue weighted by Gasteiger charge is 2.29. The van der Waals surface area contributed by atoms with Gasteiger partial charge >= 0.3 is 0 Å². The van der Waals surface area contributed by atoms with Crippen LogP contribution < -0.4 is 0 Å². The Labute approximate surface area is 99.4 Å². The lowest BCUT2D eigenvalue weighted by molar-refractivity contribution is 0.431. The quantitative estimate of drug-likeness (QED) is 0.754. The Morgan fingerprint density at radius 1 is 1.38 bits per heavy atom. The summed E-state index contributed by atoms with van der Waals surface area (Å²) in [6, 6.07) is 2.19. The third-order valence-electron chi connectivity index (χ3n) is 2.86. The summed E-state index contributed by atoms with van der Waals surface area (Å²) >= 11 is 0. The van der Waals surface area contributed by atoms with Crippen LogP contribution in [0.3, 0.4) is 0 Å². The van der Waals surface area contributed by atoms with Gasteiger partial charge in [0.2, 0.25) is 0 Å². The van der Waals surface area contributed by atoms with Crippen molar-refractivity contribution in [3.63, 3.8) is 0 Å². The van der Waals surface area contributed by atoms with Crippen LogP contribution in [0.2, 0.25) is 0 Å². The van der Waals surface area contributed by atoms with Gasteiger partial charge in [0, 0.05) is 22.8 Å². The summed E-state index contributed by atoms with van der Waals surface area (Å²) in [5.41, 5.74) is 0. The molecule has 3 atom stereocenters. The van der Waals surface area contributed by atoms with Gasteiger partial charge in [0.05, 0.1) is 23.0 Å². The van der Waals surface area contributed by atoms with Gasteiger partial charge in [-0.1, -0.05) is 12.8 Å². The zero-order valence-corrected chi connectivity index (χ0v) is 11.0. The Bertz CT molecular complexity index is 397. The van der Waals surface area contributed by atoms with Gasteiger partial charge in [-0.25, -0.2) is 8.42 Å². The second-order valence-corrected chi connectivity index (χ2v) is 8.31. The molecule has 0 N–H and O–H groups in total. The molecule has 0 saturated heterocycles. The summed E-state index contributed by atoms with van der Waals surface area (Å²) in [5.74, 6) is -0.0372. The third kappa shape index (κ3) is 4.22. The van der Waals surface area contributed by atoms with Crippen molar-refractivity contribution in [3.8, 4) is 6.07 Å². The number of rotatable bonds is 4. The minimum atomic E-state index is -3.06. The first-order valence-corrected chi connectivity index (χ1v) is 8.83. The van der Waals surface area contributed by atoms with Crippen LogP contribution in [0.5, 0.6) is 0 Å². The molecule has 1 saturated carbocycles. The molecule has 0 spiro atoms. The van der Waals surface area contributed by atoms with E-state index in [0.717, 1.165) is 31.9 Å². The zero-order valence-electron chi connectivity index (χ0n) is 9.39. The normalized spacial score (nSPS) is 28.2. The van der Waals surface area contributed by atoms with Crippen molar-refractivity contribution in [2.45, 2.75) is 30.9 Å². The SMILES string of the molecule is CS(=O)(=O)CCS(=O)C1CCCCC1C#N. The van der Waals surface area contributed by atoms with Crippen LogP contribution in [0.1, 0.15) is 25.7 Å². The first-order valence-electron chi connectivity index (χ1n) is 5.38. The summed E-state index contributed by atoms with van der Waals surface area (Å²) < 4.78 is 33.8. The fourth-order valence-electron chi connectivity index (χ4n) is 1.94. The van der Waals surface area contributed by atoms with Gasteiger partial charge in [0.1, 0.15) is 9.84 Å². The summed E-state index contributed by atoms with van der Waals surface area (Å²) in [5, 5.41) is 8.81. The maximum atomic E-state index is 11.9. The van der Waals surface area contributed by atoms with E-state index in [0.29, 0.717) is 0 Å². The fourth-order valence-corrected chi connectivity index (χ4v) is 5.11. The molecule has 4 nitrogen and oxygen atoms in total. The molecule has 6 heteroatoms. The van der Waals surface area contributed by atoms with Crippen LogP contribution >= 0.6 is 0 Å². The molecular weight excluding hydrogens is 246 g/mol. The largest absolute Gasteiger partial charge is 0.259 e. The van der Waals surface area contributed by atoms with Gasteiger partial charge in [-0.3, -0.25) is 4.21 Å². The van der Waals surface area contributed by atoms with Crippen molar-refractivity contribution in [1.82, 2.24) is 0 Å². The van der Waals surface area contributed by atoms with E-state index in [9.17, 15) is 12.6 Å². The van der Waals surface area contributed by atoms with Crippen molar-refractivity contribution in [2.75, 3.05) is 17.8 Å². The van der Waals surface area contributed by atoms with E-state index in [1.54, 1.807) is 0 Å². The third-order valence-corrected chi connectivity index (χ3v) is 5.91. The van der Waals surface area contributed by atoms with Crippen LogP contribution in [0.15, 0.2) is 0 Å². The lowest BCUT2D eigenvalue weighted by atomic mass is 9.90. The topological polar surface area (TPSA) is 75.0 Å². The maximum Gasteiger partial charge on any atom is 0.148 e. The average Bonchev–Trinajstić information content (AvgIpc) is 2.25. The molecule has 1 aliphatic carbocycles. The van der Waals surface area contributed by atoms with E-state index < -0.39 is 20.6 Å². The maximum absolute atomic E-state index is 11.9. The van der Waals surface area contributed by atoms with E-state index in [1.165, 1.54) is 0 Å². The van der Waals surface area contributed by atoms with E-state index in [1.807, 2.05) is 0 Å². The number of nitriles is 1. The standard InChI is InChI=1S/C10H17NO3S2/c1-16(13,14)7-6-15(12)10-5-3-2-4-9(10)8-11/h9-10H,2-7H2,1H3. The highest BCUT2D eigenvalue weighted by atomic mass is 32.2. The Morgan fingerprint density at radius 3 is 2.56 bits per heavy atom. The molecule has 0 amide bonds. The number of nitrogens with zero attached hydrogens (tertiary/aromatic N) is 1. The summed E-state index contributed by atoms with van der Waals surface area (Å²) in [6.07, 6.45) is 4.73. The minimum Gasteiger partial charge on any atom is -0.259 e. The van der Waals surface area contributed by atoms with Gasteiger partial charge in [0.15, 0.2) is 0 Å². The van der Waals surface area contributed by atoms with Crippen LogP contribution in [-0.4, -0.2) is 35.6 Å². The number of hydrogen-bond acceptors (Lipinski definition) is 4. The molecule has 16 heavy (non-hydrogen) atoms. The number of hydrogen-bond donors (Lipinski definition) is 0. The van der Waals surface area contributed by atoms with Crippen molar-refractivity contribution in [1.29, 1.82) is 5.26 Å². The monoisotopic (exact) mass is 263 g/mol. The van der Waals surface area contributed by atoms with Gasteiger partial charge in [-0.2, -0.15) is 5.26 Å². The Hall–Kier alpha value is -0.410. The molecule has 0 aliphatic heterocycles. The molecule has 1 fully saturated rings. The first-order chi connectivity index (χ1) is 7.44. The second kappa shape index (κ2) is 5.78. The van der Waals surface area contributed by atoms with Gasteiger partial charge < -0.3 is 0 Å². The van der Waals surface area contributed by atoms with Crippen LogP contribution in [0.25, 0.3) is 0 Å². The Kier molecular flexibility index (Phi) is 4.93. The molecule has 0 heterocycles. The van der Waals surface area contributed by atoms with E-state index in [2.05, 4.69) is 6.07 Å². The van der Waals surface area contributed by atoms with E-state index in [-0.39, 0.29) is 22.7 Å².